The number of thiophene rings is 1. The molecule has 0 radical (unpaired) electrons. The monoisotopic (exact) mass is 224 g/mol. The Morgan fingerprint density at radius 2 is 2.21 bits per heavy atom. The highest BCUT2D eigenvalue weighted by molar-refractivity contribution is 7.99. The largest absolute Gasteiger partial charge is 0.508 e. The van der Waals surface area contributed by atoms with E-state index in [0.717, 1.165) is 6.42 Å². The van der Waals surface area contributed by atoms with E-state index in [0.29, 0.717) is 5.75 Å². The Kier molecular flexibility index (Phi) is 2.70. The van der Waals surface area contributed by atoms with Gasteiger partial charge in [-0.1, -0.05) is 6.92 Å². The fourth-order valence-corrected chi connectivity index (χ4v) is 3.57. The summed E-state index contributed by atoms with van der Waals surface area (Å²) < 4.78 is 1.31. The zero-order chi connectivity index (χ0) is 10.1. The molecule has 2 aromatic rings. The lowest BCUT2D eigenvalue weighted by molar-refractivity contribution is 0.475. The van der Waals surface area contributed by atoms with Crippen LogP contribution in [0, 0.1) is 0 Å². The molecule has 0 spiro atoms. The maximum atomic E-state index is 9.58. The van der Waals surface area contributed by atoms with E-state index in [4.69, 9.17) is 0 Å². The Morgan fingerprint density at radius 3 is 2.86 bits per heavy atom. The van der Waals surface area contributed by atoms with Crippen LogP contribution >= 0.6 is 23.1 Å². The molecule has 74 valence electrons. The maximum absolute atomic E-state index is 9.58. The quantitative estimate of drug-likeness (QED) is 0.781. The van der Waals surface area contributed by atoms with E-state index in [-0.39, 0.29) is 0 Å². The Balaban J connectivity index is 2.76. The highest BCUT2D eigenvalue weighted by Crippen LogP contribution is 2.36. The van der Waals surface area contributed by atoms with Gasteiger partial charge in [0.05, 0.1) is 0 Å². The second-order valence-corrected chi connectivity index (χ2v) is 4.87. The summed E-state index contributed by atoms with van der Waals surface area (Å²) >= 11 is 3.50. The molecule has 0 fully saturated rings. The van der Waals surface area contributed by atoms with Gasteiger partial charge in [0.15, 0.2) is 0 Å². The minimum atomic E-state index is 0.378. The Morgan fingerprint density at radius 1 is 1.43 bits per heavy atom. The molecular formula is C11H12OS2. The zero-order valence-corrected chi connectivity index (χ0v) is 9.84. The van der Waals surface area contributed by atoms with Gasteiger partial charge in [0, 0.05) is 20.4 Å². The van der Waals surface area contributed by atoms with Crippen molar-refractivity contribution in [3.8, 4) is 5.75 Å². The Labute approximate surface area is 91.8 Å². The van der Waals surface area contributed by atoms with Crippen molar-refractivity contribution in [3.05, 3.63) is 23.1 Å². The number of phenolic OH excluding ortho intramolecular Hbond substituents is 1. The molecule has 0 aliphatic heterocycles. The molecule has 1 aromatic carbocycles. The van der Waals surface area contributed by atoms with Gasteiger partial charge in [-0.25, -0.2) is 0 Å². The van der Waals surface area contributed by atoms with Crippen LogP contribution in [-0.2, 0) is 6.42 Å². The van der Waals surface area contributed by atoms with E-state index in [2.05, 4.69) is 18.6 Å². The summed E-state index contributed by atoms with van der Waals surface area (Å²) in [7, 11) is 0. The van der Waals surface area contributed by atoms with Gasteiger partial charge in [-0.3, -0.25) is 0 Å². The first-order chi connectivity index (χ1) is 6.76. The summed E-state index contributed by atoms with van der Waals surface area (Å²) in [6.07, 6.45) is 3.04. The van der Waals surface area contributed by atoms with Crippen molar-refractivity contribution in [2.45, 2.75) is 18.2 Å². The fourth-order valence-electron chi connectivity index (χ4n) is 1.59. The third-order valence-corrected chi connectivity index (χ3v) is 4.30. The van der Waals surface area contributed by atoms with Crippen molar-refractivity contribution in [2.24, 2.45) is 0 Å². The van der Waals surface area contributed by atoms with Crippen molar-refractivity contribution in [3.63, 3.8) is 0 Å². The summed E-state index contributed by atoms with van der Waals surface area (Å²) in [6, 6.07) is 3.72. The molecule has 1 aromatic heterocycles. The topological polar surface area (TPSA) is 20.2 Å². The summed E-state index contributed by atoms with van der Waals surface area (Å²) in [4.78, 5) is 1.26. The molecule has 0 saturated heterocycles. The molecule has 3 heteroatoms. The predicted molar refractivity (Wildman–Crippen MR) is 64.6 cm³/mol. The van der Waals surface area contributed by atoms with E-state index in [9.17, 15) is 5.11 Å². The number of aryl methyl sites for hydroxylation is 1. The van der Waals surface area contributed by atoms with Crippen LogP contribution in [0.15, 0.2) is 22.4 Å². The van der Waals surface area contributed by atoms with Crippen LogP contribution in [-0.4, -0.2) is 11.4 Å². The Hall–Kier alpha value is -0.670. The van der Waals surface area contributed by atoms with Crippen LogP contribution in [0.25, 0.3) is 10.1 Å². The van der Waals surface area contributed by atoms with Gasteiger partial charge >= 0.3 is 0 Å². The molecule has 0 atom stereocenters. The maximum Gasteiger partial charge on any atom is 0.116 e. The van der Waals surface area contributed by atoms with Crippen LogP contribution in [0.3, 0.4) is 0 Å². The molecule has 0 bridgehead atoms. The summed E-state index contributed by atoms with van der Waals surface area (Å²) in [5.41, 5.74) is 1.24. The molecule has 1 N–H and O–H groups in total. The summed E-state index contributed by atoms with van der Waals surface area (Å²) in [6.45, 7) is 2.12. The van der Waals surface area contributed by atoms with Crippen molar-refractivity contribution < 1.29 is 5.11 Å². The van der Waals surface area contributed by atoms with Crippen LogP contribution in [0.1, 0.15) is 12.5 Å². The highest BCUT2D eigenvalue weighted by Gasteiger charge is 2.08. The van der Waals surface area contributed by atoms with E-state index in [1.54, 1.807) is 23.1 Å². The van der Waals surface area contributed by atoms with E-state index < -0.39 is 0 Å². The first kappa shape index (κ1) is 9.87. The molecule has 0 unspecified atom stereocenters. The second kappa shape index (κ2) is 3.83. The number of hydrogen-bond donors (Lipinski definition) is 1. The minimum Gasteiger partial charge on any atom is -0.508 e. The number of phenols is 1. The third-order valence-electron chi connectivity index (χ3n) is 2.30. The molecular weight excluding hydrogens is 212 g/mol. The zero-order valence-electron chi connectivity index (χ0n) is 8.20. The normalized spacial score (nSPS) is 11.0. The molecule has 0 saturated carbocycles. The van der Waals surface area contributed by atoms with Gasteiger partial charge in [-0.05, 0) is 30.4 Å². The second-order valence-electron chi connectivity index (χ2n) is 3.14. The molecule has 1 nitrogen and oxygen atoms in total. The average Bonchev–Trinajstić information content (AvgIpc) is 2.59. The number of aromatic hydroxyl groups is 1. The first-order valence-corrected chi connectivity index (χ1v) is 6.63. The fraction of sp³-hybridized carbons (Fsp3) is 0.273. The lowest BCUT2D eigenvalue weighted by Crippen LogP contribution is -1.80. The van der Waals surface area contributed by atoms with Gasteiger partial charge in [-0.15, -0.1) is 23.1 Å². The number of hydrogen-bond acceptors (Lipinski definition) is 3. The standard InChI is InChI=1S/C11H12OS2/c1-3-7-4-8(12)5-9-10(13-2)6-14-11(7)9/h4-6,12H,3H2,1-2H3. The SMILES string of the molecule is CCc1cc(O)cc2c(SC)csc12. The van der Waals surface area contributed by atoms with Crippen molar-refractivity contribution in [1.82, 2.24) is 0 Å². The van der Waals surface area contributed by atoms with E-state index >= 15 is 0 Å². The molecule has 14 heavy (non-hydrogen) atoms. The van der Waals surface area contributed by atoms with Crippen molar-refractivity contribution in [1.29, 1.82) is 0 Å². The third kappa shape index (κ3) is 1.51. The van der Waals surface area contributed by atoms with Crippen LogP contribution in [0.5, 0.6) is 5.75 Å². The number of benzene rings is 1. The van der Waals surface area contributed by atoms with Gasteiger partial charge in [0.1, 0.15) is 5.75 Å². The minimum absolute atomic E-state index is 0.378. The first-order valence-electron chi connectivity index (χ1n) is 4.53. The lowest BCUT2D eigenvalue weighted by atomic mass is 10.1. The van der Waals surface area contributed by atoms with Crippen LogP contribution in [0.4, 0.5) is 0 Å². The summed E-state index contributed by atoms with van der Waals surface area (Å²) in [5.74, 6) is 0.378. The number of thioether (sulfide) groups is 1. The summed E-state index contributed by atoms with van der Waals surface area (Å²) in [5, 5.41) is 12.9. The smallest absolute Gasteiger partial charge is 0.116 e. The number of fused-ring (bicyclic) bond motifs is 1. The lowest BCUT2D eigenvalue weighted by Gasteiger charge is -2.01. The van der Waals surface area contributed by atoms with Gasteiger partial charge in [0.25, 0.3) is 0 Å². The molecule has 2 rings (SSSR count). The van der Waals surface area contributed by atoms with Crippen molar-refractivity contribution in [2.75, 3.05) is 6.26 Å². The van der Waals surface area contributed by atoms with Gasteiger partial charge in [0.2, 0.25) is 0 Å². The molecule has 0 aliphatic rings. The molecule has 0 aliphatic carbocycles. The highest BCUT2D eigenvalue weighted by atomic mass is 32.2. The van der Waals surface area contributed by atoms with Crippen LogP contribution < -0.4 is 0 Å². The predicted octanol–water partition coefficient (Wildman–Crippen LogP) is 3.89. The van der Waals surface area contributed by atoms with E-state index in [1.807, 2.05) is 12.1 Å². The van der Waals surface area contributed by atoms with Crippen LogP contribution in [0.2, 0.25) is 0 Å². The molecule has 1 heterocycles. The van der Waals surface area contributed by atoms with Crippen molar-refractivity contribution >= 4 is 33.2 Å². The average molecular weight is 224 g/mol. The Bertz CT molecular complexity index is 460. The van der Waals surface area contributed by atoms with Gasteiger partial charge < -0.3 is 5.11 Å². The number of rotatable bonds is 2. The van der Waals surface area contributed by atoms with E-state index in [1.165, 1.54) is 20.5 Å². The van der Waals surface area contributed by atoms with Gasteiger partial charge in [-0.2, -0.15) is 0 Å². The molecule has 0 amide bonds.